The average molecular weight is 415 g/mol. The number of fused-ring (bicyclic) bond motifs is 3. The van der Waals surface area contributed by atoms with Gasteiger partial charge >= 0.3 is 0 Å². The van der Waals surface area contributed by atoms with Crippen molar-refractivity contribution in [1.29, 1.82) is 0 Å². The van der Waals surface area contributed by atoms with Crippen LogP contribution in [0.4, 0.5) is 0 Å². The fourth-order valence-electron chi connectivity index (χ4n) is 4.62. The number of aryl methyl sites for hydroxylation is 1. The Balaban J connectivity index is 1.53. The van der Waals surface area contributed by atoms with E-state index in [-0.39, 0.29) is 5.78 Å². The van der Waals surface area contributed by atoms with Crippen LogP contribution < -0.4 is 0 Å². The van der Waals surface area contributed by atoms with Crippen LogP contribution in [0.5, 0.6) is 0 Å². The number of carbonyl (C=O) groups is 1. The maximum Gasteiger partial charge on any atom is 0.193 e. The summed E-state index contributed by atoms with van der Waals surface area (Å²) in [7, 11) is 0. The van der Waals surface area contributed by atoms with Crippen molar-refractivity contribution in [3.8, 4) is 22.3 Å². The zero-order chi connectivity index (χ0) is 21.9. The fourth-order valence-corrected chi connectivity index (χ4v) is 4.62. The van der Waals surface area contributed by atoms with E-state index in [9.17, 15) is 4.79 Å². The van der Waals surface area contributed by atoms with Crippen LogP contribution in [0, 0.1) is 6.42 Å². The first-order valence-corrected chi connectivity index (χ1v) is 11.5. The van der Waals surface area contributed by atoms with Gasteiger partial charge in [0, 0.05) is 11.1 Å². The number of benzene rings is 4. The summed E-state index contributed by atoms with van der Waals surface area (Å²) < 4.78 is 0. The number of ketones is 1. The highest BCUT2D eigenvalue weighted by Gasteiger charge is 2.25. The third-order valence-electron chi connectivity index (χ3n) is 6.29. The Kier molecular flexibility index (Phi) is 5.73. The first kappa shape index (κ1) is 20.5. The SMILES string of the molecule is CCCCCc1cc(C(=O)c2cccc3c2[C]c2ccccc2-3)ccc1-c1ccccc1. The van der Waals surface area contributed by atoms with Crippen molar-refractivity contribution in [3.05, 3.63) is 125 Å². The van der Waals surface area contributed by atoms with Gasteiger partial charge in [0.1, 0.15) is 0 Å². The third kappa shape index (κ3) is 3.80. The second-order valence-corrected chi connectivity index (χ2v) is 8.42. The zero-order valence-corrected chi connectivity index (χ0v) is 18.4. The van der Waals surface area contributed by atoms with E-state index in [4.69, 9.17) is 0 Å². The van der Waals surface area contributed by atoms with E-state index in [0.29, 0.717) is 0 Å². The predicted octanol–water partition coefficient (Wildman–Crippen LogP) is 7.78. The second kappa shape index (κ2) is 8.96. The van der Waals surface area contributed by atoms with Crippen LogP contribution in [-0.4, -0.2) is 5.78 Å². The van der Waals surface area contributed by atoms with Gasteiger partial charge in [0.25, 0.3) is 0 Å². The van der Waals surface area contributed by atoms with Gasteiger partial charge in [-0.3, -0.25) is 4.79 Å². The largest absolute Gasteiger partial charge is 0.289 e. The smallest absolute Gasteiger partial charge is 0.193 e. The van der Waals surface area contributed by atoms with Gasteiger partial charge in [0.2, 0.25) is 0 Å². The molecule has 0 bridgehead atoms. The van der Waals surface area contributed by atoms with Crippen LogP contribution in [0.2, 0.25) is 0 Å². The molecule has 0 unspecified atom stereocenters. The van der Waals surface area contributed by atoms with Crippen LogP contribution in [-0.2, 0) is 6.42 Å². The lowest BCUT2D eigenvalue weighted by Crippen LogP contribution is -2.06. The van der Waals surface area contributed by atoms with Crippen LogP contribution in [0.15, 0.2) is 91.0 Å². The molecule has 0 atom stereocenters. The molecule has 0 aliphatic heterocycles. The minimum atomic E-state index is 0.0681. The van der Waals surface area contributed by atoms with Gasteiger partial charge in [0.05, 0.1) is 6.42 Å². The van der Waals surface area contributed by atoms with E-state index in [0.717, 1.165) is 46.2 Å². The minimum Gasteiger partial charge on any atom is -0.289 e. The lowest BCUT2D eigenvalue weighted by atomic mass is 9.90. The lowest BCUT2D eigenvalue weighted by molar-refractivity contribution is 0.103. The zero-order valence-electron chi connectivity index (χ0n) is 18.4. The van der Waals surface area contributed by atoms with Gasteiger partial charge < -0.3 is 0 Å². The molecule has 1 heteroatoms. The molecule has 0 heterocycles. The highest BCUT2D eigenvalue weighted by Crippen LogP contribution is 2.40. The number of unbranched alkanes of at least 4 members (excludes halogenated alkanes) is 2. The molecule has 2 radical (unpaired) electrons. The molecule has 0 amide bonds. The molecule has 0 fully saturated rings. The summed E-state index contributed by atoms with van der Waals surface area (Å²) in [6, 6.07) is 30.9. The standard InChI is InChI=1S/C31H26O/c1-2-3-5-13-23-20-25(18-19-26(23)22-11-6-4-7-12-22)31(32)29-17-10-16-28-27-15-9-8-14-24(27)21-30(28)29/h4,6-12,14-20H,2-3,5,13H2,1H3. The van der Waals surface area contributed by atoms with Crippen molar-refractivity contribution in [3.63, 3.8) is 0 Å². The topological polar surface area (TPSA) is 17.1 Å². The molecule has 0 aromatic heterocycles. The maximum absolute atomic E-state index is 13.6. The summed E-state index contributed by atoms with van der Waals surface area (Å²) >= 11 is 0. The number of carbonyl (C=O) groups excluding carboxylic acids is 1. The maximum atomic E-state index is 13.6. The normalized spacial score (nSPS) is 11.8. The summed E-state index contributed by atoms with van der Waals surface area (Å²) in [6.07, 6.45) is 7.96. The van der Waals surface area contributed by atoms with Gasteiger partial charge in [-0.15, -0.1) is 0 Å². The quantitative estimate of drug-likeness (QED) is 0.196. The van der Waals surface area contributed by atoms with Gasteiger partial charge in [-0.05, 0) is 57.9 Å². The van der Waals surface area contributed by atoms with Crippen molar-refractivity contribution in [2.75, 3.05) is 0 Å². The van der Waals surface area contributed by atoms with E-state index in [1.807, 2.05) is 36.4 Å². The summed E-state index contributed by atoms with van der Waals surface area (Å²) in [6.45, 7) is 2.22. The van der Waals surface area contributed by atoms with E-state index in [1.54, 1.807) is 0 Å². The van der Waals surface area contributed by atoms with Crippen LogP contribution in [0.25, 0.3) is 22.3 Å². The lowest BCUT2D eigenvalue weighted by Gasteiger charge is -2.13. The highest BCUT2D eigenvalue weighted by molar-refractivity contribution is 6.12. The van der Waals surface area contributed by atoms with Crippen molar-refractivity contribution in [1.82, 2.24) is 0 Å². The number of hydrogen-bond donors (Lipinski definition) is 0. The first-order chi connectivity index (χ1) is 15.8. The molecule has 4 aromatic carbocycles. The molecule has 0 spiro atoms. The molecular weight excluding hydrogens is 388 g/mol. The molecular formula is C31H26O. The van der Waals surface area contributed by atoms with Gasteiger partial charge in [-0.1, -0.05) is 105 Å². The second-order valence-electron chi connectivity index (χ2n) is 8.42. The Morgan fingerprint density at radius 2 is 1.53 bits per heavy atom. The molecule has 156 valence electrons. The van der Waals surface area contributed by atoms with Gasteiger partial charge in [-0.25, -0.2) is 0 Å². The Labute approximate surface area is 190 Å². The molecule has 0 N–H and O–H groups in total. The first-order valence-electron chi connectivity index (χ1n) is 11.5. The Morgan fingerprint density at radius 1 is 0.750 bits per heavy atom. The fraction of sp³-hybridized carbons (Fsp3) is 0.161. The summed E-state index contributed by atoms with van der Waals surface area (Å²) in [5, 5.41) is 0. The molecule has 5 rings (SSSR count). The van der Waals surface area contributed by atoms with E-state index in [2.05, 4.69) is 67.9 Å². The molecule has 1 aliphatic carbocycles. The Hall–Kier alpha value is -3.45. The molecule has 4 aromatic rings. The molecule has 32 heavy (non-hydrogen) atoms. The third-order valence-corrected chi connectivity index (χ3v) is 6.29. The number of rotatable bonds is 7. The van der Waals surface area contributed by atoms with Gasteiger partial charge in [-0.2, -0.15) is 0 Å². The molecule has 1 aliphatic rings. The molecule has 1 nitrogen and oxygen atoms in total. The summed E-state index contributed by atoms with van der Waals surface area (Å²) in [5.74, 6) is 0.0681. The van der Waals surface area contributed by atoms with E-state index < -0.39 is 0 Å². The molecule has 0 saturated carbocycles. The average Bonchev–Trinajstić information content (AvgIpc) is 3.23. The van der Waals surface area contributed by atoms with Crippen LogP contribution in [0.3, 0.4) is 0 Å². The Morgan fingerprint density at radius 3 is 2.38 bits per heavy atom. The number of hydrogen-bond acceptors (Lipinski definition) is 1. The van der Waals surface area contributed by atoms with E-state index in [1.165, 1.54) is 29.5 Å². The van der Waals surface area contributed by atoms with Crippen molar-refractivity contribution in [2.45, 2.75) is 32.6 Å². The van der Waals surface area contributed by atoms with Gasteiger partial charge in [0.15, 0.2) is 5.78 Å². The minimum absolute atomic E-state index is 0.0681. The highest BCUT2D eigenvalue weighted by atomic mass is 16.1. The van der Waals surface area contributed by atoms with Crippen LogP contribution >= 0.6 is 0 Å². The Bertz CT molecular complexity index is 1270. The van der Waals surface area contributed by atoms with Crippen molar-refractivity contribution >= 4 is 5.78 Å². The predicted molar refractivity (Wildman–Crippen MR) is 132 cm³/mol. The monoisotopic (exact) mass is 414 g/mol. The molecule has 0 saturated heterocycles. The van der Waals surface area contributed by atoms with E-state index >= 15 is 0 Å². The summed E-state index contributed by atoms with van der Waals surface area (Å²) in [5.41, 5.74) is 9.37. The van der Waals surface area contributed by atoms with Crippen molar-refractivity contribution < 1.29 is 4.79 Å². The summed E-state index contributed by atoms with van der Waals surface area (Å²) in [4.78, 5) is 13.6. The van der Waals surface area contributed by atoms with Crippen LogP contribution in [0.1, 0.15) is 58.8 Å². The van der Waals surface area contributed by atoms with Crippen molar-refractivity contribution in [2.24, 2.45) is 0 Å².